The number of ether oxygens (including phenoxy) is 1. The molecule has 9 nitrogen and oxygen atoms in total. The molecule has 2 aromatic carbocycles. The summed E-state index contributed by atoms with van der Waals surface area (Å²) in [5, 5.41) is 23.9. The number of benzene rings is 2. The molecule has 4 N–H and O–H groups in total. The van der Waals surface area contributed by atoms with Crippen molar-refractivity contribution in [1.82, 2.24) is 15.0 Å². The molecule has 0 spiro atoms. The molecule has 0 aliphatic rings. The van der Waals surface area contributed by atoms with Crippen molar-refractivity contribution in [3.63, 3.8) is 0 Å². The van der Waals surface area contributed by atoms with E-state index in [-0.39, 0.29) is 13.0 Å². The SMILES string of the molecule is CCCN(C)Cc1cc(C)cc(-c2nc(-c3cc(C)c(OC[C@@H](O)CC(O)C(N)=O)c(CC)c3)no2)c1. The molecule has 0 fully saturated rings. The number of hydrogen-bond acceptors (Lipinski definition) is 8. The average Bonchev–Trinajstić information content (AvgIpc) is 3.33. The quantitative estimate of drug-likeness (QED) is 0.318. The molecule has 1 amide bonds. The van der Waals surface area contributed by atoms with Gasteiger partial charge < -0.3 is 30.1 Å². The van der Waals surface area contributed by atoms with Gasteiger partial charge in [0, 0.05) is 24.1 Å². The Morgan fingerprint density at radius 2 is 1.89 bits per heavy atom. The van der Waals surface area contributed by atoms with Gasteiger partial charge in [0.05, 0.1) is 6.10 Å². The molecule has 37 heavy (non-hydrogen) atoms. The number of aryl methyl sites for hydroxylation is 3. The maximum Gasteiger partial charge on any atom is 0.258 e. The molecule has 0 aliphatic carbocycles. The van der Waals surface area contributed by atoms with Crippen LogP contribution in [-0.2, 0) is 17.8 Å². The maximum absolute atomic E-state index is 11.0. The third-order valence-corrected chi connectivity index (χ3v) is 6.10. The fourth-order valence-electron chi connectivity index (χ4n) is 4.37. The van der Waals surface area contributed by atoms with E-state index in [1.165, 1.54) is 5.56 Å². The molecule has 0 saturated heterocycles. The van der Waals surface area contributed by atoms with Gasteiger partial charge in [-0.2, -0.15) is 4.98 Å². The van der Waals surface area contributed by atoms with Gasteiger partial charge in [-0.25, -0.2) is 0 Å². The Hall–Kier alpha value is -3.27. The number of hydrogen-bond donors (Lipinski definition) is 3. The predicted octanol–water partition coefficient (Wildman–Crippen LogP) is 3.40. The van der Waals surface area contributed by atoms with Crippen LogP contribution in [-0.4, -0.2) is 63.6 Å². The number of carbonyl (C=O) groups is 1. The number of aliphatic hydroxyl groups excluding tert-OH is 2. The van der Waals surface area contributed by atoms with Gasteiger partial charge in [0.1, 0.15) is 18.5 Å². The van der Waals surface area contributed by atoms with E-state index >= 15 is 0 Å². The fourth-order valence-corrected chi connectivity index (χ4v) is 4.37. The summed E-state index contributed by atoms with van der Waals surface area (Å²) in [6, 6.07) is 10.2. The van der Waals surface area contributed by atoms with E-state index in [1.54, 1.807) is 0 Å². The van der Waals surface area contributed by atoms with Crippen molar-refractivity contribution in [2.24, 2.45) is 5.73 Å². The predicted molar refractivity (Wildman–Crippen MR) is 142 cm³/mol. The van der Waals surface area contributed by atoms with Gasteiger partial charge in [-0.1, -0.05) is 30.6 Å². The zero-order valence-corrected chi connectivity index (χ0v) is 22.3. The molecule has 0 saturated carbocycles. The second-order valence-electron chi connectivity index (χ2n) is 9.62. The summed E-state index contributed by atoms with van der Waals surface area (Å²) in [6.07, 6.45) is -0.852. The molecule has 3 rings (SSSR count). The molecule has 1 heterocycles. The smallest absolute Gasteiger partial charge is 0.258 e. The Bertz CT molecular complexity index is 1210. The summed E-state index contributed by atoms with van der Waals surface area (Å²) in [4.78, 5) is 18.0. The Kier molecular flexibility index (Phi) is 9.79. The van der Waals surface area contributed by atoms with Crippen molar-refractivity contribution in [3.8, 4) is 28.6 Å². The van der Waals surface area contributed by atoms with E-state index in [1.807, 2.05) is 32.0 Å². The first kappa shape index (κ1) is 28.3. The van der Waals surface area contributed by atoms with Crippen LogP contribution in [0.2, 0.25) is 0 Å². The summed E-state index contributed by atoms with van der Waals surface area (Å²) in [5.74, 6) is 0.710. The first-order valence-electron chi connectivity index (χ1n) is 12.7. The van der Waals surface area contributed by atoms with Crippen LogP contribution in [0.5, 0.6) is 5.75 Å². The van der Waals surface area contributed by atoms with Crippen molar-refractivity contribution in [2.75, 3.05) is 20.2 Å². The number of primary amides is 1. The third kappa shape index (κ3) is 7.61. The molecule has 200 valence electrons. The number of aliphatic hydroxyl groups is 2. The topological polar surface area (TPSA) is 135 Å². The number of rotatable bonds is 13. The number of nitrogens with two attached hydrogens (primary N) is 1. The number of aromatic nitrogens is 2. The van der Waals surface area contributed by atoms with Crippen LogP contribution < -0.4 is 10.5 Å². The Morgan fingerprint density at radius 3 is 2.57 bits per heavy atom. The summed E-state index contributed by atoms with van der Waals surface area (Å²) >= 11 is 0. The Balaban J connectivity index is 1.80. The number of nitrogens with zero attached hydrogens (tertiary/aromatic N) is 3. The largest absolute Gasteiger partial charge is 0.490 e. The highest BCUT2D eigenvalue weighted by Crippen LogP contribution is 2.32. The van der Waals surface area contributed by atoms with Crippen LogP contribution in [0.15, 0.2) is 34.9 Å². The average molecular weight is 511 g/mol. The van der Waals surface area contributed by atoms with Gasteiger partial charge in [-0.15, -0.1) is 0 Å². The van der Waals surface area contributed by atoms with Crippen LogP contribution >= 0.6 is 0 Å². The molecular weight excluding hydrogens is 472 g/mol. The molecule has 1 unspecified atom stereocenters. The van der Waals surface area contributed by atoms with E-state index in [0.29, 0.717) is 23.9 Å². The monoisotopic (exact) mass is 510 g/mol. The van der Waals surface area contributed by atoms with Gasteiger partial charge in [0.25, 0.3) is 5.89 Å². The van der Waals surface area contributed by atoms with Crippen molar-refractivity contribution < 1.29 is 24.3 Å². The fraction of sp³-hybridized carbons (Fsp3) is 0.464. The molecule has 2 atom stereocenters. The second-order valence-corrected chi connectivity index (χ2v) is 9.62. The van der Waals surface area contributed by atoms with Crippen LogP contribution in [0.4, 0.5) is 0 Å². The molecule has 3 aromatic rings. The molecule has 0 radical (unpaired) electrons. The standard InChI is InChI=1S/C28H38N4O5/c1-6-8-32(5)15-19-9-17(3)10-22(12-19)28-30-27(31-37-28)21-11-18(4)25(20(7-2)13-21)36-16-23(33)14-24(34)26(29)35/h9-13,23-24,33-34H,6-8,14-16H2,1-5H3,(H2,29,35)/t23-,24?/m0/s1. The number of carbonyl (C=O) groups excluding carboxylic acids is 1. The summed E-state index contributed by atoms with van der Waals surface area (Å²) in [7, 11) is 2.11. The molecule has 9 heteroatoms. The normalized spacial score (nSPS) is 13.1. The molecular formula is C28H38N4O5. The lowest BCUT2D eigenvalue weighted by Gasteiger charge is -2.18. The lowest BCUT2D eigenvalue weighted by atomic mass is 10.0. The highest BCUT2D eigenvalue weighted by atomic mass is 16.5. The molecule has 0 bridgehead atoms. The third-order valence-electron chi connectivity index (χ3n) is 6.10. The minimum Gasteiger partial charge on any atom is -0.490 e. The van der Waals surface area contributed by atoms with Gasteiger partial charge in [0.2, 0.25) is 11.7 Å². The van der Waals surface area contributed by atoms with Gasteiger partial charge in [-0.05, 0) is 81.2 Å². The maximum atomic E-state index is 11.0. The van der Waals surface area contributed by atoms with Crippen molar-refractivity contribution in [3.05, 3.63) is 52.6 Å². The Labute approximate surface area is 218 Å². The lowest BCUT2D eigenvalue weighted by molar-refractivity contribution is -0.127. The van der Waals surface area contributed by atoms with Crippen LogP contribution in [0.1, 0.15) is 48.9 Å². The zero-order valence-electron chi connectivity index (χ0n) is 22.3. The van der Waals surface area contributed by atoms with E-state index in [2.05, 4.69) is 48.1 Å². The molecule has 0 aliphatic heterocycles. The summed E-state index contributed by atoms with van der Waals surface area (Å²) < 4.78 is 11.5. The Morgan fingerprint density at radius 1 is 1.14 bits per heavy atom. The zero-order chi connectivity index (χ0) is 27.1. The lowest BCUT2D eigenvalue weighted by Crippen LogP contribution is -2.33. The van der Waals surface area contributed by atoms with Crippen LogP contribution in [0.25, 0.3) is 22.8 Å². The highest BCUT2D eigenvalue weighted by molar-refractivity contribution is 5.78. The van der Waals surface area contributed by atoms with E-state index in [0.717, 1.165) is 47.3 Å². The van der Waals surface area contributed by atoms with Gasteiger partial charge >= 0.3 is 0 Å². The number of amides is 1. The summed E-state index contributed by atoms with van der Waals surface area (Å²) in [5.41, 5.74) is 10.8. The highest BCUT2D eigenvalue weighted by Gasteiger charge is 2.19. The van der Waals surface area contributed by atoms with E-state index in [9.17, 15) is 15.0 Å². The second kappa shape index (κ2) is 12.8. The molecule has 1 aromatic heterocycles. The first-order chi connectivity index (χ1) is 17.6. The van der Waals surface area contributed by atoms with Crippen molar-refractivity contribution in [2.45, 2.75) is 65.7 Å². The van der Waals surface area contributed by atoms with E-state index in [4.69, 9.17) is 15.0 Å². The van der Waals surface area contributed by atoms with Crippen LogP contribution in [0, 0.1) is 13.8 Å². The first-order valence-corrected chi connectivity index (χ1v) is 12.7. The summed E-state index contributed by atoms with van der Waals surface area (Å²) in [6.45, 7) is 9.94. The van der Waals surface area contributed by atoms with Gasteiger partial charge in [0.15, 0.2) is 0 Å². The minimum absolute atomic E-state index is 0.0764. The van der Waals surface area contributed by atoms with E-state index < -0.39 is 18.1 Å². The van der Waals surface area contributed by atoms with Gasteiger partial charge in [-0.3, -0.25) is 4.79 Å². The van der Waals surface area contributed by atoms with Crippen molar-refractivity contribution in [1.29, 1.82) is 0 Å². The van der Waals surface area contributed by atoms with Crippen molar-refractivity contribution >= 4 is 5.91 Å². The minimum atomic E-state index is -1.41. The van der Waals surface area contributed by atoms with Crippen LogP contribution in [0.3, 0.4) is 0 Å².